The van der Waals surface area contributed by atoms with Crippen LogP contribution in [-0.4, -0.2) is 32.3 Å². The lowest BCUT2D eigenvalue weighted by atomic mass is 10.0. The van der Waals surface area contributed by atoms with Gasteiger partial charge in [-0.2, -0.15) is 0 Å². The Hall–Kier alpha value is -1.29. The van der Waals surface area contributed by atoms with Gasteiger partial charge in [0.2, 0.25) is 0 Å². The summed E-state index contributed by atoms with van der Waals surface area (Å²) >= 11 is 0. The zero-order chi connectivity index (χ0) is 11.1. The Morgan fingerprint density at radius 2 is 2.40 bits per heavy atom. The average Bonchev–Trinajstić information content (AvgIpc) is 2.24. The van der Waals surface area contributed by atoms with Crippen molar-refractivity contribution in [2.45, 2.75) is 19.4 Å². The lowest BCUT2D eigenvalue weighted by Gasteiger charge is -2.16. The Morgan fingerprint density at radius 3 is 3.07 bits per heavy atom. The van der Waals surface area contributed by atoms with Crippen molar-refractivity contribution in [3.05, 3.63) is 23.8 Å². The molecule has 0 aliphatic heterocycles. The van der Waals surface area contributed by atoms with Gasteiger partial charge in [-0.25, -0.2) is 4.79 Å². The smallest absolute Gasteiger partial charge is 0.406 e. The predicted octanol–water partition coefficient (Wildman–Crippen LogP) is 1.21. The first-order valence-corrected chi connectivity index (χ1v) is 5.12. The normalized spacial score (nSPS) is 19.6. The number of allylic oxidation sites excluding steroid dienone is 2. The Morgan fingerprint density at radius 1 is 1.60 bits per heavy atom. The zero-order valence-corrected chi connectivity index (χ0v) is 9.25. The molecule has 0 saturated heterocycles. The van der Waals surface area contributed by atoms with Crippen molar-refractivity contribution in [1.82, 2.24) is 10.6 Å². The molecule has 1 amide bonds. The minimum atomic E-state index is -0.382. The van der Waals surface area contributed by atoms with E-state index in [2.05, 4.69) is 40.5 Å². The summed E-state index contributed by atoms with van der Waals surface area (Å²) in [5.41, 5.74) is 1.28. The fourth-order valence-corrected chi connectivity index (χ4v) is 1.48. The quantitative estimate of drug-likeness (QED) is 0.686. The van der Waals surface area contributed by atoms with Crippen molar-refractivity contribution in [2.24, 2.45) is 0 Å². The van der Waals surface area contributed by atoms with Gasteiger partial charge >= 0.3 is 6.09 Å². The van der Waals surface area contributed by atoms with Crippen LogP contribution in [0, 0.1) is 0 Å². The third kappa shape index (κ3) is 4.65. The molecule has 1 aliphatic carbocycles. The minimum Gasteiger partial charge on any atom is -0.453 e. The van der Waals surface area contributed by atoms with E-state index in [-0.39, 0.29) is 6.09 Å². The number of hydrogen-bond donors (Lipinski definition) is 2. The molecule has 4 nitrogen and oxygen atoms in total. The zero-order valence-electron chi connectivity index (χ0n) is 9.25. The molecule has 0 spiro atoms. The van der Waals surface area contributed by atoms with Gasteiger partial charge in [-0.05, 0) is 13.3 Å². The molecule has 0 fully saturated rings. The molecule has 0 heterocycles. The maximum absolute atomic E-state index is 10.7. The van der Waals surface area contributed by atoms with Gasteiger partial charge in [0.05, 0.1) is 7.11 Å². The number of carbonyl (C=O) groups excluding carboxylic acids is 1. The van der Waals surface area contributed by atoms with Crippen molar-refractivity contribution in [2.75, 3.05) is 20.2 Å². The molecule has 1 rings (SSSR count). The molecule has 0 aromatic heterocycles. The Bertz CT molecular complexity index is 272. The van der Waals surface area contributed by atoms with Crippen LogP contribution in [-0.2, 0) is 4.74 Å². The van der Waals surface area contributed by atoms with Gasteiger partial charge in [-0.15, -0.1) is 0 Å². The molecule has 4 heteroatoms. The molecule has 2 N–H and O–H groups in total. The lowest BCUT2D eigenvalue weighted by molar-refractivity contribution is 0.171. The highest BCUT2D eigenvalue weighted by atomic mass is 16.5. The van der Waals surface area contributed by atoms with Crippen molar-refractivity contribution < 1.29 is 9.53 Å². The lowest BCUT2D eigenvalue weighted by Crippen LogP contribution is -2.36. The van der Waals surface area contributed by atoms with Crippen molar-refractivity contribution >= 4 is 6.09 Å². The van der Waals surface area contributed by atoms with Crippen LogP contribution >= 0.6 is 0 Å². The maximum Gasteiger partial charge on any atom is 0.406 e. The second-order valence-corrected chi connectivity index (χ2v) is 3.53. The molecule has 1 unspecified atom stereocenters. The summed E-state index contributed by atoms with van der Waals surface area (Å²) in [6.07, 6.45) is 7.09. The molecule has 0 bridgehead atoms. The van der Waals surface area contributed by atoms with E-state index in [9.17, 15) is 4.79 Å². The molecular formula is C11H18N2O2. The number of alkyl carbamates (subject to hydrolysis) is 1. The van der Waals surface area contributed by atoms with Crippen molar-refractivity contribution in [3.8, 4) is 0 Å². The number of methoxy groups -OCH3 is 1. The van der Waals surface area contributed by atoms with Crippen LogP contribution in [0.25, 0.3) is 0 Å². The highest BCUT2D eigenvalue weighted by Gasteiger charge is 2.06. The summed E-state index contributed by atoms with van der Waals surface area (Å²) < 4.78 is 4.46. The van der Waals surface area contributed by atoms with E-state index >= 15 is 0 Å². The molecule has 1 atom stereocenters. The Balaban J connectivity index is 2.11. The summed E-state index contributed by atoms with van der Waals surface area (Å²) in [7, 11) is 1.36. The second-order valence-electron chi connectivity index (χ2n) is 3.53. The van der Waals surface area contributed by atoms with Gasteiger partial charge in [0.25, 0.3) is 0 Å². The number of carbonyl (C=O) groups is 1. The number of nitrogens with one attached hydrogen (secondary N) is 2. The van der Waals surface area contributed by atoms with Gasteiger partial charge in [0, 0.05) is 19.1 Å². The highest BCUT2D eigenvalue weighted by Crippen LogP contribution is 2.08. The molecular weight excluding hydrogens is 192 g/mol. The van der Waals surface area contributed by atoms with Crippen LogP contribution in [0.1, 0.15) is 13.3 Å². The van der Waals surface area contributed by atoms with E-state index in [1.165, 1.54) is 12.7 Å². The first-order valence-electron chi connectivity index (χ1n) is 5.12. The van der Waals surface area contributed by atoms with E-state index < -0.39 is 0 Å². The first kappa shape index (κ1) is 11.8. The largest absolute Gasteiger partial charge is 0.453 e. The highest BCUT2D eigenvalue weighted by molar-refractivity contribution is 5.66. The summed E-state index contributed by atoms with van der Waals surface area (Å²) in [4.78, 5) is 10.7. The van der Waals surface area contributed by atoms with Crippen molar-refractivity contribution in [3.63, 3.8) is 0 Å². The van der Waals surface area contributed by atoms with E-state index in [4.69, 9.17) is 0 Å². The molecule has 1 aliphatic rings. The summed E-state index contributed by atoms with van der Waals surface area (Å²) in [5.74, 6) is 0. The monoisotopic (exact) mass is 210 g/mol. The molecule has 84 valence electrons. The van der Waals surface area contributed by atoms with E-state index in [0.29, 0.717) is 12.6 Å². The predicted molar refractivity (Wildman–Crippen MR) is 59.7 cm³/mol. The van der Waals surface area contributed by atoms with Crippen LogP contribution < -0.4 is 10.6 Å². The van der Waals surface area contributed by atoms with Crippen LogP contribution in [0.3, 0.4) is 0 Å². The summed E-state index contributed by atoms with van der Waals surface area (Å²) in [6.45, 7) is 3.41. The maximum atomic E-state index is 10.7. The standard InChI is InChI=1S/C11H18N2O2/c1-9-4-3-5-10(8-9)12-6-7-13-11(14)15-2/h3-4,8,10,12H,5-7H2,1-2H3,(H,13,14). The summed E-state index contributed by atoms with van der Waals surface area (Å²) in [6, 6.07) is 0.384. The number of rotatable bonds is 4. The second kappa shape index (κ2) is 6.24. The fourth-order valence-electron chi connectivity index (χ4n) is 1.48. The molecule has 0 aromatic rings. The Labute approximate surface area is 90.4 Å². The van der Waals surface area contributed by atoms with E-state index in [1.54, 1.807) is 0 Å². The van der Waals surface area contributed by atoms with Gasteiger partial charge in [0.15, 0.2) is 0 Å². The van der Waals surface area contributed by atoms with E-state index in [0.717, 1.165) is 13.0 Å². The van der Waals surface area contributed by atoms with Crippen molar-refractivity contribution in [1.29, 1.82) is 0 Å². The molecule has 15 heavy (non-hydrogen) atoms. The van der Waals surface area contributed by atoms with Gasteiger partial charge in [-0.1, -0.05) is 23.8 Å². The topological polar surface area (TPSA) is 50.4 Å². The molecule has 0 saturated carbocycles. The van der Waals surface area contributed by atoms with E-state index in [1.807, 2.05) is 0 Å². The molecule has 0 aromatic carbocycles. The number of amides is 1. The SMILES string of the molecule is COC(=O)NCCNC1C=C(C)C=CC1. The number of ether oxygens (including phenoxy) is 1. The van der Waals surface area contributed by atoms with Crippen LogP contribution in [0.4, 0.5) is 4.79 Å². The fraction of sp³-hybridized carbons (Fsp3) is 0.545. The van der Waals surface area contributed by atoms with Crippen LogP contribution in [0.2, 0.25) is 0 Å². The van der Waals surface area contributed by atoms with Gasteiger partial charge in [-0.3, -0.25) is 0 Å². The molecule has 0 radical (unpaired) electrons. The van der Waals surface area contributed by atoms with Gasteiger partial charge in [0.1, 0.15) is 0 Å². The third-order valence-electron chi connectivity index (χ3n) is 2.22. The van der Waals surface area contributed by atoms with Crippen LogP contribution in [0.5, 0.6) is 0 Å². The third-order valence-corrected chi connectivity index (χ3v) is 2.22. The summed E-state index contributed by atoms with van der Waals surface area (Å²) in [5, 5.41) is 5.95. The van der Waals surface area contributed by atoms with Gasteiger partial charge < -0.3 is 15.4 Å². The van der Waals surface area contributed by atoms with Crippen LogP contribution in [0.15, 0.2) is 23.8 Å². The average molecular weight is 210 g/mol. The number of hydrogen-bond acceptors (Lipinski definition) is 3. The Kier molecular flexibility index (Phi) is 4.90. The first-order chi connectivity index (χ1) is 7.22. The minimum absolute atomic E-state index is 0.382.